The maximum Gasteiger partial charge on any atom is 0.259 e. The summed E-state index contributed by atoms with van der Waals surface area (Å²) in [6.45, 7) is 1.90. The number of hydrogen-bond donors (Lipinski definition) is 1. The van der Waals surface area contributed by atoms with Crippen LogP contribution in [0.3, 0.4) is 0 Å². The lowest BCUT2D eigenvalue weighted by molar-refractivity contribution is 0.102. The summed E-state index contributed by atoms with van der Waals surface area (Å²) in [5.74, 6) is 2.29. The van der Waals surface area contributed by atoms with E-state index in [1.165, 1.54) is 21.3 Å². The van der Waals surface area contributed by atoms with Gasteiger partial charge in [-0.15, -0.1) is 0 Å². The number of carbonyl (C=O) groups is 1. The van der Waals surface area contributed by atoms with Gasteiger partial charge in [0.1, 0.15) is 17.2 Å². The molecule has 29 heavy (non-hydrogen) atoms. The second-order valence-electron chi connectivity index (χ2n) is 6.13. The highest BCUT2D eigenvalue weighted by atomic mass is 16.5. The van der Waals surface area contributed by atoms with Crippen molar-refractivity contribution in [2.75, 3.05) is 26.6 Å². The largest absolute Gasteiger partial charge is 0.496 e. The van der Waals surface area contributed by atoms with E-state index >= 15 is 0 Å². The summed E-state index contributed by atoms with van der Waals surface area (Å²) in [5.41, 5.74) is 1.83. The van der Waals surface area contributed by atoms with Crippen LogP contribution >= 0.6 is 0 Å². The molecule has 1 N–H and O–H groups in total. The molecule has 1 heterocycles. The van der Waals surface area contributed by atoms with Gasteiger partial charge in [0.2, 0.25) is 0 Å². The normalized spacial score (nSPS) is 10.2. The van der Waals surface area contributed by atoms with Crippen molar-refractivity contribution in [1.82, 2.24) is 4.98 Å². The predicted molar refractivity (Wildman–Crippen MR) is 110 cm³/mol. The zero-order valence-electron chi connectivity index (χ0n) is 16.7. The Morgan fingerprint density at radius 3 is 2.24 bits per heavy atom. The molecule has 0 saturated heterocycles. The third kappa shape index (κ3) is 4.57. The van der Waals surface area contributed by atoms with Gasteiger partial charge >= 0.3 is 0 Å². The summed E-state index contributed by atoms with van der Waals surface area (Å²) in [7, 11) is 4.53. The lowest BCUT2D eigenvalue weighted by Gasteiger charge is -2.15. The van der Waals surface area contributed by atoms with Gasteiger partial charge in [0.05, 0.1) is 33.1 Å². The first kappa shape index (κ1) is 20.0. The molecule has 0 fully saturated rings. The molecule has 0 bridgehead atoms. The zero-order chi connectivity index (χ0) is 20.8. The number of anilines is 1. The van der Waals surface area contributed by atoms with Gasteiger partial charge in [0.15, 0.2) is 11.5 Å². The lowest BCUT2D eigenvalue weighted by Crippen LogP contribution is -2.14. The topological polar surface area (TPSA) is 78.9 Å². The standard InChI is InChI=1S/C22H22N2O5/c1-14-10-15(7-8-18(14)29-16-6-5-9-23-13-16)24-22(25)17-11-20(27-3)21(28-4)12-19(17)26-2/h5-13H,1-4H3,(H,24,25). The molecule has 0 aliphatic rings. The fourth-order valence-electron chi connectivity index (χ4n) is 2.78. The number of carbonyl (C=O) groups excluding carboxylic acids is 1. The second kappa shape index (κ2) is 8.97. The van der Waals surface area contributed by atoms with Crippen molar-refractivity contribution in [1.29, 1.82) is 0 Å². The van der Waals surface area contributed by atoms with E-state index in [1.54, 1.807) is 42.7 Å². The molecule has 0 saturated carbocycles. The quantitative estimate of drug-likeness (QED) is 0.637. The Labute approximate surface area is 169 Å². The third-order valence-electron chi connectivity index (χ3n) is 4.25. The van der Waals surface area contributed by atoms with Crippen molar-refractivity contribution < 1.29 is 23.7 Å². The van der Waals surface area contributed by atoms with Crippen LogP contribution in [0.5, 0.6) is 28.7 Å². The molecule has 0 spiro atoms. The second-order valence-corrected chi connectivity index (χ2v) is 6.13. The lowest BCUT2D eigenvalue weighted by atomic mass is 10.1. The van der Waals surface area contributed by atoms with E-state index in [0.717, 1.165) is 5.56 Å². The zero-order valence-corrected chi connectivity index (χ0v) is 16.7. The number of hydrogen-bond acceptors (Lipinski definition) is 6. The summed E-state index contributed by atoms with van der Waals surface area (Å²) in [4.78, 5) is 16.9. The van der Waals surface area contributed by atoms with Crippen molar-refractivity contribution in [2.24, 2.45) is 0 Å². The highest BCUT2D eigenvalue weighted by molar-refractivity contribution is 6.06. The Kier molecular flexibility index (Phi) is 6.19. The van der Waals surface area contributed by atoms with E-state index in [9.17, 15) is 4.79 Å². The van der Waals surface area contributed by atoms with Crippen LogP contribution in [0, 0.1) is 6.92 Å². The first-order chi connectivity index (χ1) is 14.0. The Bertz CT molecular complexity index is 1010. The molecule has 7 nitrogen and oxygen atoms in total. The van der Waals surface area contributed by atoms with Crippen LogP contribution in [0.25, 0.3) is 0 Å². The van der Waals surface area contributed by atoms with Crippen LogP contribution in [0.15, 0.2) is 54.9 Å². The van der Waals surface area contributed by atoms with Gasteiger partial charge in [-0.05, 0) is 42.8 Å². The molecule has 3 rings (SSSR count). The van der Waals surface area contributed by atoms with Crippen LogP contribution in [0.2, 0.25) is 0 Å². The van der Waals surface area contributed by atoms with Crippen LogP contribution in [-0.2, 0) is 0 Å². The number of amides is 1. The van der Waals surface area contributed by atoms with Gasteiger partial charge in [0, 0.05) is 24.0 Å². The Balaban J connectivity index is 1.81. The van der Waals surface area contributed by atoms with Gasteiger partial charge in [-0.25, -0.2) is 0 Å². The molecule has 1 aromatic heterocycles. The number of aromatic nitrogens is 1. The van der Waals surface area contributed by atoms with Gasteiger partial charge in [-0.2, -0.15) is 0 Å². The minimum absolute atomic E-state index is 0.330. The number of pyridine rings is 1. The average molecular weight is 394 g/mol. The number of nitrogens with zero attached hydrogens (tertiary/aromatic N) is 1. The molecule has 0 atom stereocenters. The van der Waals surface area contributed by atoms with Crippen molar-refractivity contribution in [3.8, 4) is 28.7 Å². The number of nitrogens with one attached hydrogen (secondary N) is 1. The number of ether oxygens (including phenoxy) is 4. The van der Waals surface area contributed by atoms with Crippen molar-refractivity contribution >= 4 is 11.6 Å². The molecular weight excluding hydrogens is 372 g/mol. The number of aryl methyl sites for hydroxylation is 1. The van der Waals surface area contributed by atoms with E-state index in [2.05, 4.69) is 10.3 Å². The monoisotopic (exact) mass is 394 g/mol. The molecule has 2 aromatic carbocycles. The Hall–Kier alpha value is -3.74. The third-order valence-corrected chi connectivity index (χ3v) is 4.25. The maximum atomic E-state index is 12.8. The Morgan fingerprint density at radius 2 is 1.62 bits per heavy atom. The van der Waals surface area contributed by atoms with Gasteiger partial charge < -0.3 is 24.3 Å². The van der Waals surface area contributed by atoms with E-state index in [0.29, 0.717) is 40.0 Å². The molecule has 0 aliphatic heterocycles. The van der Waals surface area contributed by atoms with E-state index in [-0.39, 0.29) is 5.91 Å². The maximum absolute atomic E-state index is 12.8. The molecule has 7 heteroatoms. The first-order valence-corrected chi connectivity index (χ1v) is 8.85. The van der Waals surface area contributed by atoms with E-state index in [1.807, 2.05) is 19.1 Å². The molecule has 1 amide bonds. The van der Waals surface area contributed by atoms with Crippen LogP contribution in [0.4, 0.5) is 5.69 Å². The fourth-order valence-corrected chi connectivity index (χ4v) is 2.78. The predicted octanol–water partition coefficient (Wildman–Crippen LogP) is 4.46. The van der Waals surface area contributed by atoms with E-state index in [4.69, 9.17) is 18.9 Å². The smallest absolute Gasteiger partial charge is 0.259 e. The van der Waals surface area contributed by atoms with Crippen molar-refractivity contribution in [3.63, 3.8) is 0 Å². The van der Waals surface area contributed by atoms with Crippen LogP contribution in [0.1, 0.15) is 15.9 Å². The van der Waals surface area contributed by atoms with Crippen LogP contribution < -0.4 is 24.3 Å². The van der Waals surface area contributed by atoms with Crippen molar-refractivity contribution in [3.05, 3.63) is 66.0 Å². The first-order valence-electron chi connectivity index (χ1n) is 8.85. The minimum Gasteiger partial charge on any atom is -0.496 e. The summed E-state index contributed by atoms with van der Waals surface area (Å²) in [6.07, 6.45) is 3.32. The van der Waals surface area contributed by atoms with Gasteiger partial charge in [-0.1, -0.05) is 0 Å². The fraction of sp³-hybridized carbons (Fsp3) is 0.182. The average Bonchev–Trinajstić information content (AvgIpc) is 2.75. The molecular formula is C22H22N2O5. The number of benzene rings is 2. The molecule has 0 aliphatic carbocycles. The van der Waals surface area contributed by atoms with Gasteiger partial charge in [-0.3, -0.25) is 9.78 Å². The number of methoxy groups -OCH3 is 3. The summed E-state index contributed by atoms with van der Waals surface area (Å²) in [5, 5.41) is 2.87. The molecule has 0 unspecified atom stereocenters. The summed E-state index contributed by atoms with van der Waals surface area (Å²) < 4.78 is 21.7. The minimum atomic E-state index is -0.330. The molecule has 150 valence electrons. The highest BCUT2D eigenvalue weighted by Gasteiger charge is 2.18. The SMILES string of the molecule is COc1cc(OC)c(C(=O)Nc2ccc(Oc3cccnc3)c(C)c2)cc1OC. The summed E-state index contributed by atoms with van der Waals surface area (Å²) >= 11 is 0. The van der Waals surface area contributed by atoms with E-state index < -0.39 is 0 Å². The highest BCUT2D eigenvalue weighted by Crippen LogP contribution is 2.35. The molecule has 3 aromatic rings. The Morgan fingerprint density at radius 1 is 0.897 bits per heavy atom. The number of rotatable bonds is 7. The molecule has 0 radical (unpaired) electrons. The van der Waals surface area contributed by atoms with Crippen LogP contribution in [-0.4, -0.2) is 32.2 Å². The summed E-state index contributed by atoms with van der Waals surface area (Å²) in [6, 6.07) is 12.2. The van der Waals surface area contributed by atoms with Crippen molar-refractivity contribution in [2.45, 2.75) is 6.92 Å². The van der Waals surface area contributed by atoms with Gasteiger partial charge in [0.25, 0.3) is 5.91 Å².